The van der Waals surface area contributed by atoms with E-state index in [-0.39, 0.29) is 5.82 Å². The largest absolute Gasteiger partial charge is 0.497 e. The molecule has 0 fully saturated rings. The van der Waals surface area contributed by atoms with Gasteiger partial charge in [0, 0.05) is 31.1 Å². The number of nitrogens with zero attached hydrogens (tertiary/aromatic N) is 1. The number of ether oxygens (including phenoxy) is 1. The first-order valence-electron chi connectivity index (χ1n) is 5.47. The van der Waals surface area contributed by atoms with Gasteiger partial charge in [-0.2, -0.15) is 0 Å². The quantitative estimate of drug-likeness (QED) is 0.871. The number of benzene rings is 1. The van der Waals surface area contributed by atoms with Crippen LogP contribution in [0.1, 0.15) is 0 Å². The summed E-state index contributed by atoms with van der Waals surface area (Å²) in [5, 5.41) is 5.91. The average Bonchev–Trinajstić information content (AvgIpc) is 2.41. The molecule has 1 aromatic carbocycles. The van der Waals surface area contributed by atoms with Gasteiger partial charge in [0.2, 0.25) is 0 Å². The second kappa shape index (κ2) is 5.35. The molecule has 1 aromatic heterocycles. The van der Waals surface area contributed by atoms with Crippen LogP contribution in [0.3, 0.4) is 0 Å². The molecule has 2 N–H and O–H groups in total. The lowest BCUT2D eigenvalue weighted by atomic mass is 10.2. The van der Waals surface area contributed by atoms with Crippen LogP contribution in [0.25, 0.3) is 0 Å². The molecule has 1 heterocycles. The first-order valence-corrected chi connectivity index (χ1v) is 5.47. The second-order valence-corrected chi connectivity index (χ2v) is 3.65. The highest BCUT2D eigenvalue weighted by Gasteiger charge is 2.05. The van der Waals surface area contributed by atoms with E-state index in [1.165, 1.54) is 6.07 Å². The highest BCUT2D eigenvalue weighted by atomic mass is 19.1. The summed E-state index contributed by atoms with van der Waals surface area (Å²) in [7, 11) is 3.32. The van der Waals surface area contributed by atoms with Crippen molar-refractivity contribution < 1.29 is 9.13 Å². The molecule has 0 radical (unpaired) electrons. The Labute approximate surface area is 105 Å². The summed E-state index contributed by atoms with van der Waals surface area (Å²) in [6, 6.07) is 8.10. The van der Waals surface area contributed by atoms with Crippen LogP contribution >= 0.6 is 0 Å². The summed E-state index contributed by atoms with van der Waals surface area (Å²) >= 11 is 0. The minimum absolute atomic E-state index is 0.335. The number of aromatic nitrogens is 1. The number of nitrogens with one attached hydrogen (secondary N) is 2. The zero-order chi connectivity index (χ0) is 13.0. The van der Waals surface area contributed by atoms with Gasteiger partial charge in [0.1, 0.15) is 17.4 Å². The topological polar surface area (TPSA) is 46.2 Å². The molecule has 0 atom stereocenters. The highest BCUT2D eigenvalue weighted by molar-refractivity contribution is 5.64. The van der Waals surface area contributed by atoms with E-state index in [2.05, 4.69) is 15.6 Å². The maximum Gasteiger partial charge on any atom is 0.146 e. The summed E-state index contributed by atoms with van der Waals surface area (Å²) in [6.07, 6.45) is 1.65. The number of anilines is 3. The molecule has 0 amide bonds. The first kappa shape index (κ1) is 12.2. The molecule has 0 spiro atoms. The fourth-order valence-electron chi connectivity index (χ4n) is 1.53. The summed E-state index contributed by atoms with van der Waals surface area (Å²) < 4.78 is 18.7. The van der Waals surface area contributed by atoms with Crippen LogP contribution in [0.5, 0.6) is 5.75 Å². The van der Waals surface area contributed by atoms with E-state index >= 15 is 0 Å². The maximum absolute atomic E-state index is 13.6. The molecule has 0 saturated heterocycles. The number of hydrogen-bond donors (Lipinski definition) is 2. The molecule has 0 saturated carbocycles. The van der Waals surface area contributed by atoms with E-state index in [0.29, 0.717) is 17.3 Å². The van der Waals surface area contributed by atoms with Crippen LogP contribution < -0.4 is 15.4 Å². The molecule has 2 aromatic rings. The normalized spacial score (nSPS) is 9.94. The summed E-state index contributed by atoms with van der Waals surface area (Å²) in [5.74, 6) is 0.976. The van der Waals surface area contributed by atoms with Gasteiger partial charge in [-0.15, -0.1) is 0 Å². The van der Waals surface area contributed by atoms with Crippen molar-refractivity contribution in [1.82, 2.24) is 4.98 Å². The van der Waals surface area contributed by atoms with Gasteiger partial charge in [0.05, 0.1) is 12.8 Å². The van der Waals surface area contributed by atoms with Crippen LogP contribution in [0.2, 0.25) is 0 Å². The fourth-order valence-corrected chi connectivity index (χ4v) is 1.53. The lowest BCUT2D eigenvalue weighted by molar-refractivity contribution is 0.414. The van der Waals surface area contributed by atoms with Crippen molar-refractivity contribution in [2.75, 3.05) is 24.8 Å². The highest BCUT2D eigenvalue weighted by Crippen LogP contribution is 2.25. The van der Waals surface area contributed by atoms with Crippen molar-refractivity contribution in [3.8, 4) is 5.75 Å². The van der Waals surface area contributed by atoms with Crippen LogP contribution in [0.15, 0.2) is 36.5 Å². The van der Waals surface area contributed by atoms with Crippen molar-refractivity contribution >= 4 is 17.2 Å². The summed E-state index contributed by atoms with van der Waals surface area (Å²) in [5.41, 5.74) is 1.11. The summed E-state index contributed by atoms with van der Waals surface area (Å²) in [4.78, 5) is 4.09. The van der Waals surface area contributed by atoms with Crippen LogP contribution in [0.4, 0.5) is 21.6 Å². The minimum atomic E-state index is -0.335. The molecule has 18 heavy (non-hydrogen) atoms. The van der Waals surface area contributed by atoms with Gasteiger partial charge < -0.3 is 15.4 Å². The predicted octanol–water partition coefficient (Wildman–Crippen LogP) is 3.01. The Balaban J connectivity index is 2.27. The number of hydrogen-bond acceptors (Lipinski definition) is 4. The van der Waals surface area contributed by atoms with Crippen LogP contribution in [-0.4, -0.2) is 19.1 Å². The molecule has 2 rings (SSSR count). The monoisotopic (exact) mass is 247 g/mol. The fraction of sp³-hybridized carbons (Fsp3) is 0.154. The molecule has 0 aliphatic heterocycles. The van der Waals surface area contributed by atoms with E-state index in [9.17, 15) is 4.39 Å². The van der Waals surface area contributed by atoms with E-state index in [0.717, 1.165) is 5.69 Å². The van der Waals surface area contributed by atoms with Gasteiger partial charge in [0.25, 0.3) is 0 Å². The predicted molar refractivity (Wildman–Crippen MR) is 70.0 cm³/mol. The van der Waals surface area contributed by atoms with Crippen molar-refractivity contribution in [1.29, 1.82) is 0 Å². The number of methoxy groups -OCH3 is 1. The Bertz CT molecular complexity index is 546. The van der Waals surface area contributed by atoms with Gasteiger partial charge in [-0.1, -0.05) is 0 Å². The Morgan fingerprint density at radius 2 is 2.06 bits per heavy atom. The molecular weight excluding hydrogens is 233 g/mol. The van der Waals surface area contributed by atoms with Gasteiger partial charge in [-0.25, -0.2) is 9.37 Å². The third-order valence-electron chi connectivity index (χ3n) is 2.47. The van der Waals surface area contributed by atoms with Gasteiger partial charge in [-0.3, -0.25) is 0 Å². The van der Waals surface area contributed by atoms with Crippen molar-refractivity contribution in [2.45, 2.75) is 0 Å². The van der Waals surface area contributed by atoms with E-state index in [1.54, 1.807) is 44.6 Å². The molecule has 0 bridgehead atoms. The Morgan fingerprint density at radius 1 is 1.22 bits per heavy atom. The SMILES string of the molecule is CNc1cc(Nc2cc(OC)ccc2F)ccn1. The Morgan fingerprint density at radius 3 is 2.78 bits per heavy atom. The third-order valence-corrected chi connectivity index (χ3v) is 2.47. The molecule has 94 valence electrons. The lowest BCUT2D eigenvalue weighted by Crippen LogP contribution is -1.97. The minimum Gasteiger partial charge on any atom is -0.497 e. The van der Waals surface area contributed by atoms with Crippen LogP contribution in [-0.2, 0) is 0 Å². The van der Waals surface area contributed by atoms with Crippen molar-refractivity contribution in [2.24, 2.45) is 0 Å². The molecular formula is C13H14FN3O. The zero-order valence-electron chi connectivity index (χ0n) is 10.2. The number of halogens is 1. The zero-order valence-corrected chi connectivity index (χ0v) is 10.2. The molecule has 0 aliphatic carbocycles. The van der Waals surface area contributed by atoms with E-state index in [4.69, 9.17) is 4.74 Å². The van der Waals surface area contributed by atoms with Gasteiger partial charge in [-0.05, 0) is 18.2 Å². The second-order valence-electron chi connectivity index (χ2n) is 3.65. The number of rotatable bonds is 4. The van der Waals surface area contributed by atoms with Crippen molar-refractivity contribution in [3.63, 3.8) is 0 Å². The van der Waals surface area contributed by atoms with E-state index in [1.807, 2.05) is 0 Å². The smallest absolute Gasteiger partial charge is 0.146 e. The number of pyridine rings is 1. The standard InChI is InChI=1S/C13H14FN3O/c1-15-13-7-9(5-6-16-13)17-12-8-10(18-2)3-4-11(12)14/h3-8H,1-2H3,(H2,15,16,17). The van der Waals surface area contributed by atoms with Crippen molar-refractivity contribution in [3.05, 3.63) is 42.3 Å². The first-order chi connectivity index (χ1) is 8.72. The Hall–Kier alpha value is -2.30. The summed E-state index contributed by atoms with van der Waals surface area (Å²) in [6.45, 7) is 0. The molecule has 0 aliphatic rings. The lowest BCUT2D eigenvalue weighted by Gasteiger charge is -2.10. The van der Waals surface area contributed by atoms with E-state index < -0.39 is 0 Å². The van der Waals surface area contributed by atoms with Gasteiger partial charge in [0.15, 0.2) is 0 Å². The Kier molecular flexibility index (Phi) is 3.62. The molecule has 4 nitrogen and oxygen atoms in total. The van der Waals surface area contributed by atoms with Gasteiger partial charge >= 0.3 is 0 Å². The molecule has 0 unspecified atom stereocenters. The molecule has 5 heteroatoms. The van der Waals surface area contributed by atoms with Crippen LogP contribution in [0, 0.1) is 5.82 Å². The third kappa shape index (κ3) is 2.68. The average molecular weight is 247 g/mol. The maximum atomic E-state index is 13.6.